The van der Waals surface area contributed by atoms with E-state index in [4.69, 9.17) is 5.73 Å². The van der Waals surface area contributed by atoms with Crippen molar-refractivity contribution in [3.8, 4) is 0 Å². The Morgan fingerprint density at radius 2 is 2.15 bits per heavy atom. The van der Waals surface area contributed by atoms with E-state index in [1.54, 1.807) is 11.3 Å². The molecule has 0 aliphatic heterocycles. The third kappa shape index (κ3) is 3.69. The SMILES string of the molecule is Cc1nnc(NC(C)CC(C)N)s1. The van der Waals surface area contributed by atoms with Crippen molar-refractivity contribution in [3.63, 3.8) is 0 Å². The molecule has 1 heterocycles. The summed E-state index contributed by atoms with van der Waals surface area (Å²) in [7, 11) is 0. The molecule has 1 rings (SSSR count). The number of hydrogen-bond donors (Lipinski definition) is 2. The van der Waals surface area contributed by atoms with Gasteiger partial charge in [-0.15, -0.1) is 10.2 Å². The van der Waals surface area contributed by atoms with Crippen LogP contribution in [-0.2, 0) is 0 Å². The Balaban J connectivity index is 2.40. The van der Waals surface area contributed by atoms with Gasteiger partial charge in [-0.3, -0.25) is 0 Å². The smallest absolute Gasteiger partial charge is 0.205 e. The topological polar surface area (TPSA) is 63.8 Å². The first-order valence-corrected chi connectivity index (χ1v) is 5.22. The third-order valence-electron chi connectivity index (χ3n) is 1.62. The van der Waals surface area contributed by atoms with Crippen molar-refractivity contribution in [2.75, 3.05) is 5.32 Å². The maximum Gasteiger partial charge on any atom is 0.205 e. The highest BCUT2D eigenvalue weighted by atomic mass is 32.1. The Bertz CT molecular complexity index is 258. The van der Waals surface area contributed by atoms with Crippen LogP contribution >= 0.6 is 11.3 Å². The van der Waals surface area contributed by atoms with Crippen molar-refractivity contribution in [2.24, 2.45) is 5.73 Å². The fraction of sp³-hybridized carbons (Fsp3) is 0.750. The van der Waals surface area contributed by atoms with Gasteiger partial charge < -0.3 is 11.1 Å². The molecule has 0 saturated carbocycles. The van der Waals surface area contributed by atoms with Gasteiger partial charge in [0.2, 0.25) is 5.13 Å². The molecule has 0 aromatic carbocycles. The molecule has 0 radical (unpaired) electrons. The van der Waals surface area contributed by atoms with Crippen LogP contribution in [0.4, 0.5) is 5.13 Å². The monoisotopic (exact) mass is 200 g/mol. The van der Waals surface area contributed by atoms with Crippen molar-refractivity contribution in [2.45, 2.75) is 39.3 Å². The fourth-order valence-corrected chi connectivity index (χ4v) is 1.89. The van der Waals surface area contributed by atoms with Crippen molar-refractivity contribution in [1.82, 2.24) is 10.2 Å². The maximum absolute atomic E-state index is 5.68. The Kier molecular flexibility index (Phi) is 3.62. The van der Waals surface area contributed by atoms with E-state index in [2.05, 4.69) is 22.4 Å². The van der Waals surface area contributed by atoms with E-state index >= 15 is 0 Å². The van der Waals surface area contributed by atoms with Crippen LogP contribution in [0.2, 0.25) is 0 Å². The van der Waals surface area contributed by atoms with E-state index in [1.807, 2.05) is 13.8 Å². The van der Waals surface area contributed by atoms with Crippen molar-refractivity contribution in [1.29, 1.82) is 0 Å². The van der Waals surface area contributed by atoms with Crippen LogP contribution in [0, 0.1) is 6.92 Å². The predicted molar refractivity (Wildman–Crippen MR) is 56.0 cm³/mol. The molecule has 3 N–H and O–H groups in total. The Labute approximate surface area is 82.6 Å². The lowest BCUT2D eigenvalue weighted by Gasteiger charge is -2.14. The standard InChI is InChI=1S/C8H16N4S/c1-5(9)4-6(2)10-8-12-11-7(3)13-8/h5-6H,4,9H2,1-3H3,(H,10,12). The van der Waals surface area contributed by atoms with E-state index in [1.165, 1.54) is 0 Å². The summed E-state index contributed by atoms with van der Waals surface area (Å²) in [6.07, 6.45) is 0.943. The van der Waals surface area contributed by atoms with Crippen molar-refractivity contribution >= 4 is 16.5 Å². The molecular formula is C8H16N4S. The first-order valence-electron chi connectivity index (χ1n) is 4.40. The summed E-state index contributed by atoms with van der Waals surface area (Å²) in [5, 5.41) is 13.0. The average Bonchev–Trinajstić information content (AvgIpc) is 2.33. The largest absolute Gasteiger partial charge is 0.358 e. The van der Waals surface area contributed by atoms with E-state index in [0.717, 1.165) is 16.6 Å². The van der Waals surface area contributed by atoms with Crippen LogP contribution in [-0.4, -0.2) is 22.3 Å². The molecule has 2 unspecified atom stereocenters. The molecule has 0 spiro atoms. The molecular weight excluding hydrogens is 184 g/mol. The Hall–Kier alpha value is -0.680. The van der Waals surface area contributed by atoms with Gasteiger partial charge in [0.05, 0.1) is 0 Å². The van der Waals surface area contributed by atoms with E-state index in [-0.39, 0.29) is 6.04 Å². The second-order valence-corrected chi connectivity index (χ2v) is 4.57. The summed E-state index contributed by atoms with van der Waals surface area (Å²) in [6.45, 7) is 6.04. The summed E-state index contributed by atoms with van der Waals surface area (Å²) in [4.78, 5) is 0. The van der Waals surface area contributed by atoms with Crippen molar-refractivity contribution in [3.05, 3.63) is 5.01 Å². The van der Waals surface area contributed by atoms with Gasteiger partial charge in [-0.25, -0.2) is 0 Å². The molecule has 74 valence electrons. The molecule has 1 aromatic heterocycles. The van der Waals surface area contributed by atoms with Gasteiger partial charge >= 0.3 is 0 Å². The number of anilines is 1. The van der Waals surface area contributed by atoms with Crippen molar-refractivity contribution < 1.29 is 0 Å². The number of nitrogens with zero attached hydrogens (tertiary/aromatic N) is 2. The second-order valence-electron chi connectivity index (χ2n) is 3.38. The molecule has 4 nitrogen and oxygen atoms in total. The zero-order valence-corrected chi connectivity index (χ0v) is 9.06. The number of rotatable bonds is 4. The molecule has 0 aliphatic rings. The summed E-state index contributed by atoms with van der Waals surface area (Å²) in [5.74, 6) is 0. The zero-order valence-electron chi connectivity index (χ0n) is 8.24. The van der Waals surface area contributed by atoms with Gasteiger partial charge in [0.1, 0.15) is 5.01 Å². The highest BCUT2D eigenvalue weighted by Crippen LogP contribution is 2.15. The predicted octanol–water partition coefficient (Wildman–Crippen LogP) is 1.38. The van der Waals surface area contributed by atoms with E-state index in [0.29, 0.717) is 6.04 Å². The molecule has 0 bridgehead atoms. The number of aromatic nitrogens is 2. The summed E-state index contributed by atoms with van der Waals surface area (Å²) < 4.78 is 0. The number of hydrogen-bond acceptors (Lipinski definition) is 5. The third-order valence-corrected chi connectivity index (χ3v) is 2.39. The van der Waals surface area contributed by atoms with Crippen LogP contribution < -0.4 is 11.1 Å². The van der Waals surface area contributed by atoms with Gasteiger partial charge in [-0.05, 0) is 27.2 Å². The lowest BCUT2D eigenvalue weighted by molar-refractivity contribution is 0.604. The number of nitrogens with one attached hydrogen (secondary N) is 1. The number of aryl methyl sites for hydroxylation is 1. The molecule has 0 aliphatic carbocycles. The van der Waals surface area contributed by atoms with Crippen LogP contribution in [0.1, 0.15) is 25.3 Å². The summed E-state index contributed by atoms with van der Waals surface area (Å²) in [5.41, 5.74) is 5.68. The van der Waals surface area contributed by atoms with Crippen LogP contribution in [0.3, 0.4) is 0 Å². The first kappa shape index (κ1) is 10.4. The minimum Gasteiger partial charge on any atom is -0.358 e. The fourth-order valence-electron chi connectivity index (χ4n) is 1.18. The van der Waals surface area contributed by atoms with Gasteiger partial charge in [0.25, 0.3) is 0 Å². The lowest BCUT2D eigenvalue weighted by Crippen LogP contribution is -2.26. The summed E-state index contributed by atoms with van der Waals surface area (Å²) >= 11 is 1.57. The maximum atomic E-state index is 5.68. The van der Waals surface area contributed by atoms with Crippen LogP contribution in [0.25, 0.3) is 0 Å². The molecule has 13 heavy (non-hydrogen) atoms. The normalized spacial score (nSPS) is 15.4. The number of nitrogens with two attached hydrogens (primary N) is 1. The zero-order chi connectivity index (χ0) is 9.84. The quantitative estimate of drug-likeness (QED) is 0.771. The molecule has 5 heteroatoms. The highest BCUT2D eigenvalue weighted by Gasteiger charge is 2.07. The van der Waals surface area contributed by atoms with E-state index in [9.17, 15) is 0 Å². The van der Waals surface area contributed by atoms with Gasteiger partial charge in [-0.2, -0.15) is 0 Å². The van der Waals surface area contributed by atoms with Crippen LogP contribution in [0.15, 0.2) is 0 Å². The van der Waals surface area contributed by atoms with Gasteiger partial charge in [0, 0.05) is 12.1 Å². The Morgan fingerprint density at radius 1 is 1.46 bits per heavy atom. The van der Waals surface area contributed by atoms with Gasteiger partial charge in [0.15, 0.2) is 0 Å². The molecule has 1 aromatic rings. The molecule has 0 saturated heterocycles. The highest BCUT2D eigenvalue weighted by molar-refractivity contribution is 7.15. The van der Waals surface area contributed by atoms with E-state index < -0.39 is 0 Å². The minimum atomic E-state index is 0.219. The van der Waals surface area contributed by atoms with Gasteiger partial charge in [-0.1, -0.05) is 11.3 Å². The molecule has 0 fully saturated rings. The second kappa shape index (κ2) is 4.53. The molecule has 0 amide bonds. The first-order chi connectivity index (χ1) is 6.08. The minimum absolute atomic E-state index is 0.219. The molecule has 2 atom stereocenters. The average molecular weight is 200 g/mol. The van der Waals surface area contributed by atoms with Crippen LogP contribution in [0.5, 0.6) is 0 Å². The Morgan fingerprint density at radius 3 is 2.62 bits per heavy atom. The summed E-state index contributed by atoms with van der Waals surface area (Å²) in [6, 6.07) is 0.573. The lowest BCUT2D eigenvalue weighted by atomic mass is 10.1.